The molecular formula is C12H21NO3S2. The average molecular weight is 291 g/mol. The zero-order valence-corrected chi connectivity index (χ0v) is 12.4. The number of sulfone groups is 1. The third-order valence-electron chi connectivity index (χ3n) is 4.05. The number of hydrogen-bond donors (Lipinski definition) is 0. The maximum atomic E-state index is 11.8. The zero-order valence-electron chi connectivity index (χ0n) is 10.8. The van der Waals surface area contributed by atoms with Crippen molar-refractivity contribution >= 4 is 27.9 Å². The monoisotopic (exact) mass is 291 g/mol. The first-order chi connectivity index (χ1) is 8.47. The van der Waals surface area contributed by atoms with Gasteiger partial charge in [0.05, 0.1) is 0 Å². The molecule has 0 bridgehead atoms. The molecule has 0 spiro atoms. The molecule has 0 aromatic rings. The molecule has 0 N–H and O–H groups in total. The van der Waals surface area contributed by atoms with E-state index in [1.807, 2.05) is 4.90 Å². The predicted octanol–water partition coefficient (Wildman–Crippen LogP) is 1.17. The zero-order chi connectivity index (χ0) is 13.2. The average Bonchev–Trinajstić information content (AvgIpc) is 2.78. The molecule has 0 radical (unpaired) electrons. The highest BCUT2D eigenvalue weighted by Gasteiger charge is 2.40. The van der Waals surface area contributed by atoms with Crippen LogP contribution in [0.4, 0.5) is 0 Å². The summed E-state index contributed by atoms with van der Waals surface area (Å²) in [6.07, 6.45) is 6.38. The van der Waals surface area contributed by atoms with E-state index in [-0.39, 0.29) is 5.41 Å². The van der Waals surface area contributed by atoms with Gasteiger partial charge in [0, 0.05) is 36.3 Å². The molecule has 1 heterocycles. The summed E-state index contributed by atoms with van der Waals surface area (Å²) in [7, 11) is -3.06. The van der Waals surface area contributed by atoms with E-state index >= 15 is 0 Å². The Hall–Kier alpha value is -0.0700. The summed E-state index contributed by atoms with van der Waals surface area (Å²) in [5.41, 5.74) is -0.287. The van der Waals surface area contributed by atoms with Crippen molar-refractivity contribution in [3.8, 4) is 0 Å². The maximum absolute atomic E-state index is 11.8. The van der Waals surface area contributed by atoms with Gasteiger partial charge in [-0.2, -0.15) is 11.8 Å². The van der Waals surface area contributed by atoms with Crippen LogP contribution in [0.2, 0.25) is 0 Å². The SMILES string of the molecule is CS(=O)(=O)C1CSCCN1CC1(C=O)CCCC1. The smallest absolute Gasteiger partial charge is 0.164 e. The summed E-state index contributed by atoms with van der Waals surface area (Å²) in [4.78, 5) is 13.4. The molecule has 18 heavy (non-hydrogen) atoms. The highest BCUT2D eigenvalue weighted by atomic mass is 32.2. The molecule has 1 unspecified atom stereocenters. The Morgan fingerprint density at radius 3 is 2.61 bits per heavy atom. The predicted molar refractivity (Wildman–Crippen MR) is 74.5 cm³/mol. The van der Waals surface area contributed by atoms with Gasteiger partial charge in [0.2, 0.25) is 0 Å². The lowest BCUT2D eigenvalue weighted by Gasteiger charge is -2.38. The van der Waals surface area contributed by atoms with Crippen molar-refractivity contribution < 1.29 is 13.2 Å². The van der Waals surface area contributed by atoms with Crippen molar-refractivity contribution in [2.24, 2.45) is 5.41 Å². The Morgan fingerprint density at radius 1 is 1.39 bits per heavy atom. The van der Waals surface area contributed by atoms with Gasteiger partial charge in [0.1, 0.15) is 11.7 Å². The van der Waals surface area contributed by atoms with Gasteiger partial charge in [-0.25, -0.2) is 8.42 Å². The third kappa shape index (κ3) is 3.08. The number of thioether (sulfide) groups is 1. The lowest BCUT2D eigenvalue weighted by molar-refractivity contribution is -0.117. The second-order valence-corrected chi connectivity index (χ2v) is 8.87. The molecule has 6 heteroatoms. The van der Waals surface area contributed by atoms with Crippen LogP contribution >= 0.6 is 11.8 Å². The normalized spacial score (nSPS) is 29.3. The largest absolute Gasteiger partial charge is 0.303 e. The van der Waals surface area contributed by atoms with Gasteiger partial charge in [-0.1, -0.05) is 12.8 Å². The molecule has 1 aliphatic carbocycles. The Morgan fingerprint density at radius 2 is 2.06 bits per heavy atom. The van der Waals surface area contributed by atoms with E-state index in [9.17, 15) is 13.2 Å². The van der Waals surface area contributed by atoms with E-state index in [1.54, 1.807) is 11.8 Å². The van der Waals surface area contributed by atoms with Crippen LogP contribution in [0.1, 0.15) is 25.7 Å². The summed E-state index contributed by atoms with van der Waals surface area (Å²) < 4.78 is 23.6. The van der Waals surface area contributed by atoms with Crippen LogP contribution in [-0.2, 0) is 14.6 Å². The Bertz CT molecular complexity index is 402. The van der Waals surface area contributed by atoms with Crippen LogP contribution in [0.15, 0.2) is 0 Å². The molecule has 1 saturated heterocycles. The quantitative estimate of drug-likeness (QED) is 0.728. The molecule has 1 atom stereocenters. The van der Waals surface area contributed by atoms with Gasteiger partial charge in [0.25, 0.3) is 0 Å². The number of rotatable bonds is 4. The lowest BCUT2D eigenvalue weighted by atomic mass is 9.87. The van der Waals surface area contributed by atoms with Crippen molar-refractivity contribution in [3.63, 3.8) is 0 Å². The van der Waals surface area contributed by atoms with E-state index in [0.29, 0.717) is 12.3 Å². The first-order valence-corrected chi connectivity index (χ1v) is 9.55. The summed E-state index contributed by atoms with van der Waals surface area (Å²) in [5.74, 6) is 1.59. The Kier molecular flexibility index (Phi) is 4.39. The fraction of sp³-hybridized carbons (Fsp3) is 0.917. The molecule has 0 aromatic carbocycles. The van der Waals surface area contributed by atoms with Crippen LogP contribution in [0, 0.1) is 5.41 Å². The van der Waals surface area contributed by atoms with Crippen LogP contribution in [0.5, 0.6) is 0 Å². The number of aldehydes is 1. The number of carbonyl (C=O) groups is 1. The highest BCUT2D eigenvalue weighted by Crippen LogP contribution is 2.38. The van der Waals surface area contributed by atoms with Crippen LogP contribution in [-0.4, -0.2) is 55.8 Å². The first-order valence-electron chi connectivity index (χ1n) is 6.44. The molecule has 4 nitrogen and oxygen atoms in total. The number of nitrogens with zero attached hydrogens (tertiary/aromatic N) is 1. The molecule has 1 saturated carbocycles. The molecular weight excluding hydrogens is 270 g/mol. The van der Waals surface area contributed by atoms with Gasteiger partial charge in [0.15, 0.2) is 9.84 Å². The number of carbonyl (C=O) groups excluding carboxylic acids is 1. The van der Waals surface area contributed by atoms with Crippen molar-refractivity contribution in [1.82, 2.24) is 4.90 Å². The van der Waals surface area contributed by atoms with Gasteiger partial charge in [-0.3, -0.25) is 4.90 Å². The topological polar surface area (TPSA) is 54.5 Å². The fourth-order valence-electron chi connectivity index (χ4n) is 2.99. The highest BCUT2D eigenvalue weighted by molar-refractivity contribution is 8.00. The minimum absolute atomic E-state index is 0.287. The minimum Gasteiger partial charge on any atom is -0.303 e. The minimum atomic E-state index is -3.06. The molecule has 2 aliphatic rings. The van der Waals surface area contributed by atoms with Crippen LogP contribution < -0.4 is 0 Å². The second kappa shape index (κ2) is 5.51. The van der Waals surface area contributed by atoms with Gasteiger partial charge < -0.3 is 4.79 Å². The maximum Gasteiger partial charge on any atom is 0.164 e. The third-order valence-corrected chi connectivity index (χ3v) is 6.74. The summed E-state index contributed by atoms with van der Waals surface area (Å²) >= 11 is 1.69. The van der Waals surface area contributed by atoms with Crippen molar-refractivity contribution in [2.75, 3.05) is 30.9 Å². The standard InChI is InChI=1S/C12H21NO3S2/c1-18(15,16)11-8-17-7-6-13(11)9-12(10-14)4-2-3-5-12/h10-11H,2-9H2,1H3. The van der Waals surface area contributed by atoms with Crippen LogP contribution in [0.3, 0.4) is 0 Å². The summed E-state index contributed by atoms with van der Waals surface area (Å²) in [5, 5.41) is -0.409. The Balaban J connectivity index is 2.12. The van der Waals surface area contributed by atoms with E-state index in [2.05, 4.69) is 0 Å². The second-order valence-electron chi connectivity index (χ2n) is 5.52. The molecule has 2 fully saturated rings. The van der Waals surface area contributed by atoms with Gasteiger partial charge in [-0.05, 0) is 12.8 Å². The van der Waals surface area contributed by atoms with Crippen LogP contribution in [0.25, 0.3) is 0 Å². The van der Waals surface area contributed by atoms with E-state index in [0.717, 1.165) is 44.3 Å². The molecule has 2 rings (SSSR count). The summed E-state index contributed by atoms with van der Waals surface area (Å²) in [6, 6.07) is 0. The molecule has 1 aliphatic heterocycles. The van der Waals surface area contributed by atoms with Crippen molar-refractivity contribution in [1.29, 1.82) is 0 Å². The fourth-order valence-corrected chi connectivity index (χ4v) is 5.93. The molecule has 0 amide bonds. The molecule has 104 valence electrons. The van der Waals surface area contributed by atoms with Crippen molar-refractivity contribution in [2.45, 2.75) is 31.1 Å². The summed E-state index contributed by atoms with van der Waals surface area (Å²) in [6.45, 7) is 1.40. The van der Waals surface area contributed by atoms with E-state index in [1.165, 1.54) is 6.26 Å². The number of hydrogen-bond acceptors (Lipinski definition) is 5. The van der Waals surface area contributed by atoms with Gasteiger partial charge >= 0.3 is 0 Å². The van der Waals surface area contributed by atoms with Gasteiger partial charge in [-0.15, -0.1) is 0 Å². The van der Waals surface area contributed by atoms with E-state index in [4.69, 9.17) is 0 Å². The molecule has 0 aromatic heterocycles. The first kappa shape index (κ1) is 14.3. The Labute approximate surface area is 113 Å². The van der Waals surface area contributed by atoms with E-state index < -0.39 is 15.2 Å². The lowest BCUT2D eigenvalue weighted by Crippen LogP contribution is -2.51. The van der Waals surface area contributed by atoms with Crippen molar-refractivity contribution in [3.05, 3.63) is 0 Å².